The van der Waals surface area contributed by atoms with Crippen molar-refractivity contribution < 1.29 is 13.2 Å². The number of amides is 1. The van der Waals surface area contributed by atoms with Gasteiger partial charge in [-0.05, 0) is 37.1 Å². The van der Waals surface area contributed by atoms with Crippen LogP contribution < -0.4 is 11.0 Å². The van der Waals surface area contributed by atoms with Crippen LogP contribution in [0.3, 0.4) is 0 Å². The summed E-state index contributed by atoms with van der Waals surface area (Å²) in [4.78, 5) is 24.7. The average molecular weight is 385 g/mol. The highest BCUT2D eigenvalue weighted by atomic mass is 32.2. The van der Waals surface area contributed by atoms with Crippen molar-refractivity contribution in [1.29, 1.82) is 0 Å². The average Bonchev–Trinajstić information content (AvgIpc) is 3.49. The molecule has 0 radical (unpaired) electrons. The van der Waals surface area contributed by atoms with Gasteiger partial charge in [0.1, 0.15) is 0 Å². The van der Waals surface area contributed by atoms with E-state index in [1.54, 1.807) is 38.4 Å². The summed E-state index contributed by atoms with van der Waals surface area (Å²) in [6, 6.07) is 11.1. The van der Waals surface area contributed by atoms with Crippen molar-refractivity contribution >= 4 is 32.5 Å². The molecule has 1 aromatic heterocycles. The van der Waals surface area contributed by atoms with Gasteiger partial charge in [-0.1, -0.05) is 18.2 Å². The van der Waals surface area contributed by atoms with E-state index in [-0.39, 0.29) is 33.0 Å². The minimum atomic E-state index is -3.87. The largest absolute Gasteiger partial charge is 0.328 e. The molecule has 1 aliphatic carbocycles. The second kappa shape index (κ2) is 6.09. The van der Waals surface area contributed by atoms with Crippen LogP contribution in [0.5, 0.6) is 0 Å². The predicted molar refractivity (Wildman–Crippen MR) is 101 cm³/mol. The van der Waals surface area contributed by atoms with Gasteiger partial charge in [0.25, 0.3) is 0 Å². The smallest absolute Gasteiger partial charge is 0.325 e. The van der Waals surface area contributed by atoms with E-state index < -0.39 is 9.84 Å². The second-order valence-electron chi connectivity index (χ2n) is 6.82. The topological polar surface area (TPSA) is 90.2 Å². The Morgan fingerprint density at radius 2 is 1.63 bits per heavy atom. The monoisotopic (exact) mass is 385 g/mol. The van der Waals surface area contributed by atoms with E-state index in [1.807, 2.05) is 0 Å². The SMILES string of the molecule is Cn1c(=O)n(C)c2cc(S(=O)(=O)c3ccccc3)c(NC(=O)C3CC3)cc21. The van der Waals surface area contributed by atoms with E-state index in [1.165, 1.54) is 27.3 Å². The zero-order valence-corrected chi connectivity index (χ0v) is 15.8. The molecule has 4 rings (SSSR count). The molecule has 1 N–H and O–H groups in total. The molecule has 0 aliphatic heterocycles. The van der Waals surface area contributed by atoms with Crippen LogP contribution in [-0.4, -0.2) is 23.5 Å². The van der Waals surface area contributed by atoms with Gasteiger partial charge in [-0.25, -0.2) is 13.2 Å². The van der Waals surface area contributed by atoms with Crippen molar-refractivity contribution in [3.63, 3.8) is 0 Å². The van der Waals surface area contributed by atoms with Gasteiger partial charge in [-0.15, -0.1) is 0 Å². The van der Waals surface area contributed by atoms with Gasteiger partial charge in [-0.3, -0.25) is 13.9 Å². The fraction of sp³-hybridized carbons (Fsp3) is 0.263. The van der Waals surface area contributed by atoms with Crippen LogP contribution in [0.15, 0.2) is 57.1 Å². The summed E-state index contributed by atoms with van der Waals surface area (Å²) in [6.45, 7) is 0. The number of nitrogens with one attached hydrogen (secondary N) is 1. The van der Waals surface area contributed by atoms with Gasteiger partial charge in [0.15, 0.2) is 0 Å². The number of rotatable bonds is 4. The number of aromatic nitrogens is 2. The van der Waals surface area contributed by atoms with Crippen LogP contribution >= 0.6 is 0 Å². The molecule has 1 aliphatic rings. The van der Waals surface area contributed by atoms with Crippen molar-refractivity contribution in [2.24, 2.45) is 20.0 Å². The maximum absolute atomic E-state index is 13.2. The van der Waals surface area contributed by atoms with Crippen LogP contribution in [-0.2, 0) is 28.7 Å². The fourth-order valence-electron chi connectivity index (χ4n) is 3.15. The van der Waals surface area contributed by atoms with Crippen molar-refractivity contribution in [3.8, 4) is 0 Å². The minimum absolute atomic E-state index is 0.0172. The Kier molecular flexibility index (Phi) is 3.96. The van der Waals surface area contributed by atoms with E-state index in [2.05, 4.69) is 5.32 Å². The van der Waals surface area contributed by atoms with Crippen LogP contribution in [0.25, 0.3) is 11.0 Å². The number of benzene rings is 2. The first-order valence-corrected chi connectivity index (χ1v) is 10.1. The molecule has 0 unspecified atom stereocenters. The molecular weight excluding hydrogens is 366 g/mol. The summed E-state index contributed by atoms with van der Waals surface area (Å²) in [5, 5.41) is 2.75. The second-order valence-corrected chi connectivity index (χ2v) is 8.74. The summed E-state index contributed by atoms with van der Waals surface area (Å²) in [7, 11) is -0.669. The zero-order chi connectivity index (χ0) is 19.3. The summed E-state index contributed by atoms with van der Waals surface area (Å²) in [5.41, 5.74) is 0.977. The first-order chi connectivity index (χ1) is 12.8. The van der Waals surface area contributed by atoms with Crippen LogP contribution in [0.1, 0.15) is 12.8 Å². The molecule has 0 bridgehead atoms. The Morgan fingerprint density at radius 3 is 2.22 bits per heavy atom. The van der Waals surface area contributed by atoms with Crippen molar-refractivity contribution in [3.05, 3.63) is 52.9 Å². The molecule has 1 fully saturated rings. The van der Waals surface area contributed by atoms with E-state index in [0.717, 1.165) is 12.8 Å². The Labute approximate surface area is 156 Å². The molecule has 0 spiro atoms. The lowest BCUT2D eigenvalue weighted by molar-refractivity contribution is -0.117. The van der Waals surface area contributed by atoms with Gasteiger partial charge in [-0.2, -0.15) is 0 Å². The Hall–Kier alpha value is -2.87. The number of aryl methyl sites for hydroxylation is 2. The molecule has 8 heteroatoms. The molecular formula is C19H19N3O4S. The highest BCUT2D eigenvalue weighted by Gasteiger charge is 2.32. The normalized spacial score (nSPS) is 14.4. The number of anilines is 1. The van der Waals surface area contributed by atoms with Gasteiger partial charge in [0.2, 0.25) is 15.7 Å². The standard InChI is InChI=1S/C19H19N3O4S/c1-21-15-10-14(20-18(23)12-8-9-12)17(11-16(15)22(2)19(21)24)27(25,26)13-6-4-3-5-7-13/h3-7,10-12H,8-9H2,1-2H3,(H,20,23). The van der Waals surface area contributed by atoms with E-state index in [4.69, 9.17) is 0 Å². The Balaban J connectivity index is 1.97. The maximum Gasteiger partial charge on any atom is 0.328 e. The number of hydrogen-bond donors (Lipinski definition) is 1. The van der Waals surface area contributed by atoms with Crippen LogP contribution in [0, 0.1) is 5.92 Å². The molecule has 3 aromatic rings. The van der Waals surface area contributed by atoms with Crippen LogP contribution in [0.4, 0.5) is 5.69 Å². The first-order valence-electron chi connectivity index (χ1n) is 8.61. The van der Waals surface area contributed by atoms with Crippen LogP contribution in [0.2, 0.25) is 0 Å². The van der Waals surface area contributed by atoms with Crippen molar-refractivity contribution in [1.82, 2.24) is 9.13 Å². The minimum Gasteiger partial charge on any atom is -0.325 e. The van der Waals surface area contributed by atoms with E-state index >= 15 is 0 Å². The first kappa shape index (κ1) is 17.5. The third-order valence-corrected chi connectivity index (χ3v) is 6.73. The summed E-state index contributed by atoms with van der Waals surface area (Å²) in [5.74, 6) is -0.271. The molecule has 1 heterocycles. The zero-order valence-electron chi connectivity index (χ0n) is 15.0. The van der Waals surface area contributed by atoms with Gasteiger partial charge in [0, 0.05) is 20.0 Å². The van der Waals surface area contributed by atoms with Gasteiger partial charge in [0.05, 0.1) is 26.5 Å². The number of carbonyl (C=O) groups is 1. The summed E-state index contributed by atoms with van der Waals surface area (Å²) in [6.07, 6.45) is 1.61. The number of nitrogens with zero attached hydrogens (tertiary/aromatic N) is 2. The number of carbonyl (C=O) groups excluding carboxylic acids is 1. The molecule has 0 saturated heterocycles. The third kappa shape index (κ3) is 2.86. The predicted octanol–water partition coefficient (Wildman–Crippen LogP) is 2.06. The van der Waals surface area contributed by atoms with Crippen molar-refractivity contribution in [2.75, 3.05) is 5.32 Å². The maximum atomic E-state index is 13.2. The lowest BCUT2D eigenvalue weighted by atomic mass is 10.2. The fourth-order valence-corrected chi connectivity index (χ4v) is 4.59. The summed E-state index contributed by atoms with van der Waals surface area (Å²) >= 11 is 0. The Morgan fingerprint density at radius 1 is 1.04 bits per heavy atom. The highest BCUT2D eigenvalue weighted by Crippen LogP contribution is 2.34. The quantitative estimate of drug-likeness (QED) is 0.744. The van der Waals surface area contributed by atoms with Crippen molar-refractivity contribution in [2.45, 2.75) is 22.6 Å². The number of hydrogen-bond acceptors (Lipinski definition) is 4. The molecule has 27 heavy (non-hydrogen) atoms. The molecule has 7 nitrogen and oxygen atoms in total. The lowest BCUT2D eigenvalue weighted by Gasteiger charge is -2.13. The molecule has 0 atom stereocenters. The molecule has 2 aromatic carbocycles. The summed E-state index contributed by atoms with van der Waals surface area (Å²) < 4.78 is 29.3. The molecule has 1 amide bonds. The molecule has 140 valence electrons. The Bertz CT molecular complexity index is 1220. The number of sulfone groups is 1. The highest BCUT2D eigenvalue weighted by molar-refractivity contribution is 7.91. The van der Waals surface area contributed by atoms with E-state index in [9.17, 15) is 18.0 Å². The van der Waals surface area contributed by atoms with Gasteiger partial charge >= 0.3 is 5.69 Å². The lowest BCUT2D eigenvalue weighted by Crippen LogP contribution is -2.19. The van der Waals surface area contributed by atoms with Gasteiger partial charge < -0.3 is 5.32 Å². The number of imidazole rings is 1. The van der Waals surface area contributed by atoms with E-state index in [0.29, 0.717) is 11.0 Å². The molecule has 1 saturated carbocycles. The third-order valence-electron chi connectivity index (χ3n) is 4.92. The number of fused-ring (bicyclic) bond motifs is 1.